The number of carboxylic acid groups (broad SMARTS) is 1. The van der Waals surface area contributed by atoms with Crippen molar-refractivity contribution in [2.45, 2.75) is 25.8 Å². The van der Waals surface area contributed by atoms with Crippen molar-refractivity contribution in [3.05, 3.63) is 63.6 Å². The summed E-state index contributed by atoms with van der Waals surface area (Å²) in [5, 5.41) is 9.78. The van der Waals surface area contributed by atoms with Crippen LogP contribution in [0.25, 0.3) is 11.0 Å². The van der Waals surface area contributed by atoms with Crippen molar-refractivity contribution >= 4 is 34.6 Å². The minimum atomic E-state index is -1.37. The van der Waals surface area contributed by atoms with Gasteiger partial charge in [0.1, 0.15) is 0 Å². The van der Waals surface area contributed by atoms with Gasteiger partial charge in [0.25, 0.3) is 0 Å². The number of anilines is 1. The van der Waals surface area contributed by atoms with Gasteiger partial charge < -0.3 is 5.11 Å². The summed E-state index contributed by atoms with van der Waals surface area (Å²) in [6.45, 7) is 1.68. The van der Waals surface area contributed by atoms with E-state index in [2.05, 4.69) is 0 Å². The number of carbonyl (C=O) groups excluding carboxylic acids is 2. The van der Waals surface area contributed by atoms with Crippen LogP contribution in [0.4, 0.5) is 10.5 Å². The predicted molar refractivity (Wildman–Crippen MR) is 121 cm³/mol. The second-order valence-electron chi connectivity index (χ2n) is 8.82. The summed E-state index contributed by atoms with van der Waals surface area (Å²) in [6, 6.07) is 10.0. The number of carbonyl (C=O) groups is 3. The van der Waals surface area contributed by atoms with Crippen molar-refractivity contribution in [2.24, 2.45) is 20.0 Å². The molecule has 0 spiro atoms. The first-order chi connectivity index (χ1) is 15.7. The SMILES string of the molecule is Cc1ccc2c(c1)C(N1C(=O)C(C(=O)O)CN(c3ccc4c(c3)n(C)c(=O)n4C)C1=O)CC2. The zero-order valence-corrected chi connectivity index (χ0v) is 18.6. The van der Waals surface area contributed by atoms with Crippen molar-refractivity contribution in [2.75, 3.05) is 11.4 Å². The lowest BCUT2D eigenvalue weighted by atomic mass is 9.99. The number of imidazole rings is 1. The van der Waals surface area contributed by atoms with Crippen LogP contribution in [0.2, 0.25) is 0 Å². The molecule has 2 atom stereocenters. The molecule has 0 saturated carbocycles. The van der Waals surface area contributed by atoms with E-state index in [9.17, 15) is 24.3 Å². The summed E-state index contributed by atoms with van der Waals surface area (Å²) in [6.07, 6.45) is 1.27. The number of rotatable bonds is 3. The molecule has 1 aliphatic carbocycles. The van der Waals surface area contributed by atoms with E-state index in [4.69, 9.17) is 0 Å². The molecule has 2 aromatic carbocycles. The molecule has 170 valence electrons. The fourth-order valence-corrected chi connectivity index (χ4v) is 5.05. The van der Waals surface area contributed by atoms with Gasteiger partial charge in [0.05, 0.1) is 17.1 Å². The molecule has 3 aromatic rings. The van der Waals surface area contributed by atoms with Crippen LogP contribution in [0.3, 0.4) is 0 Å². The molecule has 1 fully saturated rings. The van der Waals surface area contributed by atoms with E-state index < -0.39 is 29.9 Å². The van der Waals surface area contributed by atoms with Crippen LogP contribution in [-0.4, -0.2) is 43.6 Å². The maximum atomic E-state index is 13.6. The molecule has 2 heterocycles. The highest BCUT2D eigenvalue weighted by atomic mass is 16.4. The van der Waals surface area contributed by atoms with Gasteiger partial charge in [0.15, 0.2) is 5.92 Å². The molecule has 33 heavy (non-hydrogen) atoms. The Hall–Kier alpha value is -3.88. The molecule has 1 saturated heterocycles. The average Bonchev–Trinajstić information content (AvgIpc) is 3.28. The quantitative estimate of drug-likeness (QED) is 0.620. The van der Waals surface area contributed by atoms with E-state index in [1.165, 1.54) is 14.0 Å². The monoisotopic (exact) mass is 448 g/mol. The third-order valence-corrected chi connectivity index (χ3v) is 6.86. The number of fused-ring (bicyclic) bond motifs is 2. The summed E-state index contributed by atoms with van der Waals surface area (Å²) in [5.74, 6) is -3.32. The summed E-state index contributed by atoms with van der Waals surface area (Å²) >= 11 is 0. The van der Waals surface area contributed by atoms with E-state index in [0.717, 1.165) is 21.6 Å². The standard InChI is InChI=1S/C24H24N4O5/c1-13-4-5-14-6-8-18(16(14)10-13)28-21(29)17(22(30)31)12-27(24(28)33)15-7-9-19-20(11-15)26(3)23(32)25(19)2/h4-5,7,9-11,17-18H,6,8,12H2,1-3H3,(H,30,31). The van der Waals surface area contributed by atoms with Crippen molar-refractivity contribution in [3.63, 3.8) is 0 Å². The molecule has 9 heteroatoms. The molecule has 3 amide bonds. The Morgan fingerprint density at radius 2 is 1.73 bits per heavy atom. The lowest BCUT2D eigenvalue weighted by Crippen LogP contribution is -2.59. The van der Waals surface area contributed by atoms with Crippen LogP contribution in [0.5, 0.6) is 0 Å². The molecule has 1 N–H and O–H groups in total. The van der Waals surface area contributed by atoms with E-state index in [1.807, 2.05) is 25.1 Å². The van der Waals surface area contributed by atoms with Gasteiger partial charge >= 0.3 is 17.7 Å². The Morgan fingerprint density at radius 3 is 2.45 bits per heavy atom. The lowest BCUT2D eigenvalue weighted by Gasteiger charge is -2.40. The van der Waals surface area contributed by atoms with Gasteiger partial charge in [-0.2, -0.15) is 0 Å². The van der Waals surface area contributed by atoms with Crippen molar-refractivity contribution in [1.82, 2.24) is 14.0 Å². The summed E-state index contributed by atoms with van der Waals surface area (Å²) in [5.41, 5.74) is 4.52. The first kappa shape index (κ1) is 21.0. The van der Waals surface area contributed by atoms with Gasteiger partial charge in [-0.05, 0) is 49.1 Å². The molecule has 2 unspecified atom stereocenters. The first-order valence-electron chi connectivity index (χ1n) is 10.8. The van der Waals surface area contributed by atoms with E-state index in [-0.39, 0.29) is 12.2 Å². The Morgan fingerprint density at radius 1 is 1.00 bits per heavy atom. The highest BCUT2D eigenvalue weighted by Gasteiger charge is 2.48. The van der Waals surface area contributed by atoms with Crippen LogP contribution < -0.4 is 10.6 Å². The maximum Gasteiger partial charge on any atom is 0.331 e. The minimum Gasteiger partial charge on any atom is -0.481 e. The number of hydrogen-bond donors (Lipinski definition) is 1. The van der Waals surface area contributed by atoms with E-state index in [1.54, 1.807) is 32.3 Å². The number of hydrogen-bond acceptors (Lipinski definition) is 4. The third kappa shape index (κ3) is 3.06. The zero-order chi connectivity index (χ0) is 23.6. The zero-order valence-electron chi connectivity index (χ0n) is 18.6. The highest BCUT2D eigenvalue weighted by molar-refractivity contribution is 6.13. The topological polar surface area (TPSA) is 105 Å². The smallest absolute Gasteiger partial charge is 0.331 e. The molecule has 1 aromatic heterocycles. The van der Waals surface area contributed by atoms with Gasteiger partial charge in [-0.25, -0.2) is 9.59 Å². The third-order valence-electron chi connectivity index (χ3n) is 6.86. The summed E-state index contributed by atoms with van der Waals surface area (Å²) < 4.78 is 2.98. The van der Waals surface area contributed by atoms with Crippen LogP contribution in [0.1, 0.15) is 29.2 Å². The number of nitrogens with zero attached hydrogens (tertiary/aromatic N) is 4. The summed E-state index contributed by atoms with van der Waals surface area (Å²) in [4.78, 5) is 53.6. The molecular weight excluding hydrogens is 424 g/mol. The lowest BCUT2D eigenvalue weighted by molar-refractivity contribution is -0.151. The average molecular weight is 448 g/mol. The van der Waals surface area contributed by atoms with Crippen molar-refractivity contribution in [1.29, 1.82) is 0 Å². The second kappa shape index (κ2) is 7.33. The minimum absolute atomic E-state index is 0.203. The van der Waals surface area contributed by atoms with E-state index in [0.29, 0.717) is 29.6 Å². The summed E-state index contributed by atoms with van der Waals surface area (Å²) in [7, 11) is 3.30. The number of carboxylic acids is 1. The first-order valence-corrected chi connectivity index (χ1v) is 10.8. The number of urea groups is 1. The Labute approximate surface area is 189 Å². The number of imide groups is 1. The maximum absolute atomic E-state index is 13.6. The van der Waals surface area contributed by atoms with Gasteiger partial charge in [-0.15, -0.1) is 0 Å². The Kier molecular flexibility index (Phi) is 4.66. The highest BCUT2D eigenvalue weighted by Crippen LogP contribution is 2.40. The number of aryl methyl sites for hydroxylation is 4. The molecule has 0 radical (unpaired) electrons. The molecule has 2 aliphatic rings. The van der Waals surface area contributed by atoms with Gasteiger partial charge in [-0.3, -0.25) is 28.5 Å². The predicted octanol–water partition coefficient (Wildman–Crippen LogP) is 2.34. The van der Waals surface area contributed by atoms with Gasteiger partial charge in [-0.1, -0.05) is 23.8 Å². The number of amides is 3. The molecule has 9 nitrogen and oxygen atoms in total. The molecule has 5 rings (SSSR count). The second-order valence-corrected chi connectivity index (χ2v) is 8.82. The van der Waals surface area contributed by atoms with Crippen molar-refractivity contribution in [3.8, 4) is 0 Å². The molecule has 0 bridgehead atoms. The largest absolute Gasteiger partial charge is 0.481 e. The fourth-order valence-electron chi connectivity index (χ4n) is 5.05. The van der Waals surface area contributed by atoms with Gasteiger partial charge in [0.2, 0.25) is 5.91 Å². The Balaban J connectivity index is 1.61. The van der Waals surface area contributed by atoms with E-state index >= 15 is 0 Å². The number of benzene rings is 2. The van der Waals surface area contributed by atoms with Crippen LogP contribution in [0.15, 0.2) is 41.2 Å². The number of aromatic nitrogens is 2. The van der Waals surface area contributed by atoms with Crippen molar-refractivity contribution < 1.29 is 19.5 Å². The Bertz CT molecular complexity index is 1400. The molecular formula is C24H24N4O5. The van der Waals surface area contributed by atoms with Gasteiger partial charge in [0, 0.05) is 26.3 Å². The van der Waals surface area contributed by atoms with Crippen LogP contribution in [0, 0.1) is 12.8 Å². The molecule has 1 aliphatic heterocycles. The van der Waals surface area contributed by atoms with Crippen LogP contribution in [-0.2, 0) is 30.1 Å². The number of aliphatic carboxylic acids is 1. The van der Waals surface area contributed by atoms with Crippen LogP contribution >= 0.6 is 0 Å². The normalized spacial score (nSPS) is 20.6. The fraction of sp³-hybridized carbons (Fsp3) is 0.333.